The molecule has 6 heterocycles. The summed E-state index contributed by atoms with van der Waals surface area (Å²) in [6.45, 7) is 10.1. The predicted molar refractivity (Wildman–Crippen MR) is 141 cm³/mol. The number of anilines is 3. The van der Waals surface area contributed by atoms with Crippen molar-refractivity contribution in [3.05, 3.63) is 48.8 Å². The lowest BCUT2D eigenvalue weighted by Crippen LogP contribution is -2.35. The van der Waals surface area contributed by atoms with Crippen LogP contribution in [-0.2, 0) is 4.74 Å². The Morgan fingerprint density at radius 2 is 1.94 bits per heavy atom. The smallest absolute Gasteiger partial charge is 0.227 e. The van der Waals surface area contributed by atoms with E-state index in [9.17, 15) is 0 Å². The van der Waals surface area contributed by atoms with Gasteiger partial charge in [-0.1, -0.05) is 20.8 Å². The summed E-state index contributed by atoms with van der Waals surface area (Å²) in [4.78, 5) is 25.8. The Labute approximate surface area is 211 Å². The number of ether oxygens (including phenoxy) is 1. The van der Waals surface area contributed by atoms with E-state index in [1.807, 2.05) is 31.0 Å². The molecule has 0 spiro atoms. The predicted octanol–water partition coefficient (Wildman–Crippen LogP) is 4.96. The first-order valence-electron chi connectivity index (χ1n) is 12.8. The van der Waals surface area contributed by atoms with Gasteiger partial charge in [0, 0.05) is 43.3 Å². The van der Waals surface area contributed by atoms with E-state index in [-0.39, 0.29) is 0 Å². The van der Waals surface area contributed by atoms with Crippen LogP contribution in [0.5, 0.6) is 0 Å². The van der Waals surface area contributed by atoms with Crippen molar-refractivity contribution in [2.75, 3.05) is 36.5 Å². The lowest BCUT2D eigenvalue weighted by molar-refractivity contribution is -0.0233. The van der Waals surface area contributed by atoms with Crippen LogP contribution in [0.2, 0.25) is 0 Å². The second kappa shape index (κ2) is 9.46. The summed E-state index contributed by atoms with van der Waals surface area (Å²) in [6, 6.07) is 4.34. The van der Waals surface area contributed by atoms with Crippen LogP contribution >= 0.6 is 0 Å². The summed E-state index contributed by atoms with van der Waals surface area (Å²) < 4.78 is 7.45. The molecule has 2 aliphatic heterocycles. The molecule has 36 heavy (non-hydrogen) atoms. The first-order valence-corrected chi connectivity index (χ1v) is 12.8. The number of aromatic nitrogens is 6. The molecule has 1 atom stereocenters. The Kier molecular flexibility index (Phi) is 6.00. The van der Waals surface area contributed by atoms with E-state index in [1.54, 1.807) is 0 Å². The summed E-state index contributed by atoms with van der Waals surface area (Å²) in [5.74, 6) is 3.24. The molecular weight excluding hydrogens is 452 g/mol. The molecule has 0 aliphatic carbocycles. The molecule has 2 saturated heterocycles. The van der Waals surface area contributed by atoms with Gasteiger partial charge in [-0.25, -0.2) is 15.0 Å². The van der Waals surface area contributed by atoms with Crippen molar-refractivity contribution in [1.29, 1.82) is 0 Å². The van der Waals surface area contributed by atoms with Crippen molar-refractivity contribution in [2.24, 2.45) is 5.92 Å². The van der Waals surface area contributed by atoms with Crippen molar-refractivity contribution >= 4 is 28.4 Å². The molecule has 6 rings (SSSR count). The summed E-state index contributed by atoms with van der Waals surface area (Å²) in [5, 5.41) is 5.52. The second-order valence-corrected chi connectivity index (χ2v) is 10.3. The lowest BCUT2D eigenvalue weighted by atomic mass is 9.97. The number of imidazole rings is 1. The summed E-state index contributed by atoms with van der Waals surface area (Å²) in [5.41, 5.74) is 2.87. The van der Waals surface area contributed by atoms with Gasteiger partial charge >= 0.3 is 0 Å². The van der Waals surface area contributed by atoms with E-state index in [2.05, 4.69) is 57.8 Å². The van der Waals surface area contributed by atoms with E-state index >= 15 is 0 Å². The molecule has 0 saturated carbocycles. The van der Waals surface area contributed by atoms with Gasteiger partial charge in [-0.15, -0.1) is 0 Å². The largest absolute Gasteiger partial charge is 0.377 e. The molecule has 9 heteroatoms. The molecule has 0 bridgehead atoms. The molecular formula is C27H32N8O. The topological polar surface area (TPSA) is 93.9 Å². The van der Waals surface area contributed by atoms with E-state index in [0.717, 1.165) is 66.0 Å². The van der Waals surface area contributed by atoms with E-state index in [0.29, 0.717) is 17.9 Å². The minimum Gasteiger partial charge on any atom is -0.377 e. The van der Waals surface area contributed by atoms with Crippen molar-refractivity contribution in [3.8, 4) is 11.4 Å². The molecule has 0 aromatic carbocycles. The van der Waals surface area contributed by atoms with E-state index < -0.39 is 0 Å². The number of fused-ring (bicyclic) bond motifs is 1. The molecule has 2 fully saturated rings. The molecule has 0 amide bonds. The molecule has 1 unspecified atom stereocenters. The van der Waals surface area contributed by atoms with Crippen LogP contribution in [0.3, 0.4) is 0 Å². The molecule has 4 aromatic heterocycles. The van der Waals surface area contributed by atoms with Crippen LogP contribution in [0, 0.1) is 5.92 Å². The maximum atomic E-state index is 5.33. The SMILES string of the molecule is CC1CCCN(c2nccc(Nc3cc4c(C(C)C)cnc(-c5cn(C6COC6)cn5)c4cn3)n2)C1. The van der Waals surface area contributed by atoms with Gasteiger partial charge in [0.1, 0.15) is 17.3 Å². The molecule has 9 nitrogen and oxygen atoms in total. The van der Waals surface area contributed by atoms with Crippen LogP contribution < -0.4 is 10.2 Å². The maximum Gasteiger partial charge on any atom is 0.227 e. The van der Waals surface area contributed by atoms with E-state index in [4.69, 9.17) is 19.7 Å². The highest BCUT2D eigenvalue weighted by Crippen LogP contribution is 2.33. The van der Waals surface area contributed by atoms with Crippen molar-refractivity contribution < 1.29 is 4.74 Å². The zero-order valence-corrected chi connectivity index (χ0v) is 21.1. The first-order chi connectivity index (χ1) is 17.5. The number of hydrogen-bond acceptors (Lipinski definition) is 8. The van der Waals surface area contributed by atoms with Gasteiger partial charge in [-0.2, -0.15) is 4.98 Å². The van der Waals surface area contributed by atoms with Gasteiger partial charge in [0.2, 0.25) is 5.95 Å². The Bertz CT molecular complexity index is 1380. The van der Waals surface area contributed by atoms with Crippen molar-refractivity contribution in [3.63, 3.8) is 0 Å². The minimum absolute atomic E-state index is 0.320. The quantitative estimate of drug-likeness (QED) is 0.411. The standard InChI is InChI=1S/C27H32N8O/c1-17(2)21-10-30-26(23-13-35(16-31-23)19-14-36-15-19)22-11-29-25(9-20(21)22)32-24-6-7-28-27(33-24)34-8-4-5-18(3)12-34/h6-7,9-11,13,16-19H,4-5,8,12,14-15H2,1-3H3,(H,28,29,32,33). The van der Waals surface area contributed by atoms with Crippen LogP contribution in [0.25, 0.3) is 22.2 Å². The number of nitrogens with one attached hydrogen (secondary N) is 1. The van der Waals surface area contributed by atoms with E-state index in [1.165, 1.54) is 18.4 Å². The molecule has 0 radical (unpaired) electrons. The molecule has 4 aromatic rings. The van der Waals surface area contributed by atoms with Gasteiger partial charge in [-0.05, 0) is 47.8 Å². The fourth-order valence-corrected chi connectivity index (χ4v) is 5.02. The Hall–Kier alpha value is -3.59. The summed E-state index contributed by atoms with van der Waals surface area (Å²) >= 11 is 0. The Morgan fingerprint density at radius 3 is 2.72 bits per heavy atom. The van der Waals surface area contributed by atoms with Crippen LogP contribution in [0.4, 0.5) is 17.6 Å². The van der Waals surface area contributed by atoms with Gasteiger partial charge in [0.25, 0.3) is 0 Å². The number of pyridine rings is 2. The fourth-order valence-electron chi connectivity index (χ4n) is 5.02. The Morgan fingerprint density at radius 1 is 1.06 bits per heavy atom. The fraction of sp³-hybridized carbons (Fsp3) is 0.444. The normalized spacial score (nSPS) is 18.6. The number of piperidine rings is 1. The highest BCUT2D eigenvalue weighted by Gasteiger charge is 2.22. The zero-order chi connectivity index (χ0) is 24.6. The monoisotopic (exact) mass is 484 g/mol. The third-order valence-corrected chi connectivity index (χ3v) is 7.15. The maximum absolute atomic E-state index is 5.33. The average molecular weight is 485 g/mol. The van der Waals surface area contributed by atoms with Crippen LogP contribution in [0.1, 0.15) is 51.1 Å². The zero-order valence-electron chi connectivity index (χ0n) is 21.1. The summed E-state index contributed by atoms with van der Waals surface area (Å²) in [7, 11) is 0. The van der Waals surface area contributed by atoms with Gasteiger partial charge in [0.15, 0.2) is 0 Å². The van der Waals surface area contributed by atoms with Crippen LogP contribution in [-0.4, -0.2) is 55.8 Å². The second-order valence-electron chi connectivity index (χ2n) is 10.3. The highest BCUT2D eigenvalue weighted by atomic mass is 16.5. The number of nitrogens with zero attached hydrogens (tertiary/aromatic N) is 7. The van der Waals surface area contributed by atoms with Gasteiger partial charge < -0.3 is 19.5 Å². The van der Waals surface area contributed by atoms with Crippen molar-refractivity contribution in [2.45, 2.75) is 45.6 Å². The minimum atomic E-state index is 0.320. The van der Waals surface area contributed by atoms with Crippen molar-refractivity contribution in [1.82, 2.24) is 29.5 Å². The molecule has 2 aliphatic rings. The van der Waals surface area contributed by atoms with Gasteiger partial charge in [0.05, 0.1) is 31.3 Å². The Balaban J connectivity index is 1.32. The first kappa shape index (κ1) is 22.8. The highest BCUT2D eigenvalue weighted by molar-refractivity contribution is 5.96. The summed E-state index contributed by atoms with van der Waals surface area (Å²) in [6.07, 6.45) is 12.0. The van der Waals surface area contributed by atoms with Gasteiger partial charge in [-0.3, -0.25) is 4.98 Å². The molecule has 1 N–H and O–H groups in total. The van der Waals surface area contributed by atoms with Crippen LogP contribution in [0.15, 0.2) is 43.2 Å². The third kappa shape index (κ3) is 4.39. The number of hydrogen-bond donors (Lipinski definition) is 1. The number of rotatable bonds is 6. The lowest BCUT2D eigenvalue weighted by Gasteiger charge is -2.30. The third-order valence-electron chi connectivity index (χ3n) is 7.15. The molecule has 186 valence electrons. The average Bonchev–Trinajstić information content (AvgIpc) is 3.31.